The maximum absolute atomic E-state index is 12.9. The number of carbonyl (C=O) groups excluding carboxylic acids is 2. The fourth-order valence-corrected chi connectivity index (χ4v) is 5.44. The first-order valence-electron chi connectivity index (χ1n) is 11.0. The third kappa shape index (κ3) is 3.45. The van der Waals surface area contributed by atoms with Crippen LogP contribution in [0.4, 0.5) is 10.2 Å². The first kappa shape index (κ1) is 21.4. The molecule has 2 bridgehead atoms. The van der Waals surface area contributed by atoms with Gasteiger partial charge in [-0.25, -0.2) is 9.37 Å². The van der Waals surface area contributed by atoms with Gasteiger partial charge in [0, 0.05) is 35.3 Å². The van der Waals surface area contributed by atoms with E-state index in [1.165, 1.54) is 11.4 Å². The van der Waals surface area contributed by atoms with E-state index >= 15 is 0 Å². The molecule has 3 aromatic heterocycles. The molecule has 0 spiro atoms. The number of nitrogens with zero attached hydrogens (tertiary/aromatic N) is 5. The van der Waals surface area contributed by atoms with E-state index in [0.717, 1.165) is 18.4 Å². The average molecular weight is 452 g/mol. The summed E-state index contributed by atoms with van der Waals surface area (Å²) in [6.07, 6.45) is 6.23. The number of fused-ring (bicyclic) bond motifs is 3. The van der Waals surface area contributed by atoms with Gasteiger partial charge in [0.2, 0.25) is 5.91 Å². The molecule has 9 nitrogen and oxygen atoms in total. The number of hydrogen-bond acceptors (Lipinski definition) is 7. The Morgan fingerprint density at radius 1 is 1.21 bits per heavy atom. The molecule has 3 aromatic rings. The largest absolute Gasteiger partial charge is 0.387 e. The Labute approximate surface area is 189 Å². The van der Waals surface area contributed by atoms with Crippen molar-refractivity contribution in [2.75, 3.05) is 12.3 Å². The van der Waals surface area contributed by atoms with Gasteiger partial charge in [0.05, 0.1) is 23.1 Å². The number of carbonyl (C=O) groups is 2. The lowest BCUT2D eigenvalue weighted by atomic mass is 9.85. The van der Waals surface area contributed by atoms with Crippen LogP contribution in [0.3, 0.4) is 0 Å². The number of Topliss-reactive ketones (excluding diaryl/α,β-unsaturated/α-hetero) is 1. The highest BCUT2D eigenvalue weighted by Gasteiger charge is 2.44. The minimum Gasteiger partial charge on any atom is -0.387 e. The topological polar surface area (TPSA) is 127 Å². The first-order chi connectivity index (χ1) is 15.9. The van der Waals surface area contributed by atoms with Crippen molar-refractivity contribution in [1.82, 2.24) is 24.5 Å². The van der Waals surface area contributed by atoms with Gasteiger partial charge in [-0.15, -0.1) is 0 Å². The maximum Gasteiger partial charge on any atom is 0.248 e. The molecule has 2 saturated heterocycles. The van der Waals surface area contributed by atoms with Crippen LogP contribution in [0.25, 0.3) is 16.8 Å². The molecule has 1 amide bonds. The van der Waals surface area contributed by atoms with Crippen LogP contribution in [0.2, 0.25) is 0 Å². The fraction of sp³-hybridized carbons (Fsp3) is 0.435. The Kier molecular flexibility index (Phi) is 5.32. The van der Waals surface area contributed by atoms with Crippen molar-refractivity contribution in [2.24, 2.45) is 0 Å². The molecule has 5 heterocycles. The zero-order chi connectivity index (χ0) is 23.3. The SMILES string of the molecule is CC(=O)c1c(C2C[C@H]3CC[C@H](C2)N3C(=O)CO)nc2c(-c3ccc(CF)nc3)cnn2c1N. The van der Waals surface area contributed by atoms with Crippen LogP contribution in [0.1, 0.15) is 60.3 Å². The number of anilines is 1. The van der Waals surface area contributed by atoms with E-state index in [1.54, 1.807) is 29.4 Å². The molecule has 5 rings (SSSR count). The molecule has 2 aliphatic heterocycles. The summed E-state index contributed by atoms with van der Waals surface area (Å²) < 4.78 is 14.3. The predicted octanol–water partition coefficient (Wildman–Crippen LogP) is 2.27. The van der Waals surface area contributed by atoms with Gasteiger partial charge < -0.3 is 15.7 Å². The standard InChI is InChI=1S/C23H25FN6O3/c1-12(32)20-21(14-6-16-4-5-17(7-14)29(16)19(33)11-31)28-23-18(10-27-30(23)22(20)25)13-2-3-15(8-24)26-9-13/h2-3,9-10,14,16-17,31H,4-8,11,25H2,1H3/t16-,17-/m1/s1. The van der Waals surface area contributed by atoms with Gasteiger partial charge in [0.25, 0.3) is 0 Å². The highest BCUT2D eigenvalue weighted by atomic mass is 19.1. The Bertz CT molecular complexity index is 1230. The third-order valence-corrected chi connectivity index (χ3v) is 6.88. The third-order valence-electron chi connectivity index (χ3n) is 6.88. The van der Waals surface area contributed by atoms with Crippen LogP contribution in [0.15, 0.2) is 24.5 Å². The number of nitrogens with two attached hydrogens (primary N) is 1. The molecule has 0 unspecified atom stereocenters. The van der Waals surface area contributed by atoms with E-state index in [-0.39, 0.29) is 35.5 Å². The predicted molar refractivity (Wildman–Crippen MR) is 118 cm³/mol. The summed E-state index contributed by atoms with van der Waals surface area (Å²) in [6, 6.07) is 3.39. The molecular weight excluding hydrogens is 427 g/mol. The number of rotatable bonds is 5. The van der Waals surface area contributed by atoms with Crippen molar-refractivity contribution in [3.63, 3.8) is 0 Å². The minimum atomic E-state index is -0.647. The Balaban J connectivity index is 1.60. The van der Waals surface area contributed by atoms with Gasteiger partial charge in [0.1, 0.15) is 19.1 Å². The average Bonchev–Trinajstić information content (AvgIpc) is 3.36. The number of aliphatic hydroxyl groups is 1. The van der Waals surface area contributed by atoms with Gasteiger partial charge in [-0.2, -0.15) is 9.61 Å². The summed E-state index contributed by atoms with van der Waals surface area (Å²) >= 11 is 0. The lowest BCUT2D eigenvalue weighted by Gasteiger charge is -2.39. The highest BCUT2D eigenvalue weighted by molar-refractivity contribution is 6.00. The number of piperidine rings is 1. The number of amides is 1. The van der Waals surface area contributed by atoms with Crippen molar-refractivity contribution in [3.05, 3.63) is 41.5 Å². The Hall–Kier alpha value is -3.40. The van der Waals surface area contributed by atoms with Crippen molar-refractivity contribution < 1.29 is 19.1 Å². The fourth-order valence-electron chi connectivity index (χ4n) is 5.44. The molecule has 10 heteroatoms. The molecule has 0 radical (unpaired) electrons. The van der Waals surface area contributed by atoms with Crippen molar-refractivity contribution in [1.29, 1.82) is 0 Å². The Morgan fingerprint density at radius 3 is 2.52 bits per heavy atom. The van der Waals surface area contributed by atoms with E-state index in [9.17, 15) is 19.1 Å². The summed E-state index contributed by atoms with van der Waals surface area (Å²) in [5.41, 5.74) is 9.65. The molecule has 2 aliphatic rings. The minimum absolute atomic E-state index is 0.00860. The van der Waals surface area contributed by atoms with Crippen LogP contribution >= 0.6 is 0 Å². The lowest BCUT2D eigenvalue weighted by molar-refractivity contribution is -0.138. The maximum atomic E-state index is 12.9. The van der Waals surface area contributed by atoms with E-state index in [0.29, 0.717) is 41.0 Å². The molecular formula is C23H25FN6O3. The second kappa shape index (κ2) is 8.18. The normalized spacial score (nSPS) is 22.2. The van der Waals surface area contributed by atoms with Crippen LogP contribution < -0.4 is 5.73 Å². The highest BCUT2D eigenvalue weighted by Crippen LogP contribution is 2.44. The summed E-state index contributed by atoms with van der Waals surface area (Å²) in [7, 11) is 0. The van der Waals surface area contributed by atoms with Crippen molar-refractivity contribution in [2.45, 2.75) is 57.3 Å². The molecule has 3 N–H and O–H groups in total. The van der Waals surface area contributed by atoms with Gasteiger partial charge in [-0.3, -0.25) is 14.6 Å². The number of hydrogen-bond donors (Lipinski definition) is 2. The van der Waals surface area contributed by atoms with Crippen LogP contribution in [0, 0.1) is 0 Å². The van der Waals surface area contributed by atoms with Crippen molar-refractivity contribution in [3.8, 4) is 11.1 Å². The summed E-state index contributed by atoms with van der Waals surface area (Å²) in [4.78, 5) is 35.7. The van der Waals surface area contributed by atoms with Crippen LogP contribution in [0.5, 0.6) is 0 Å². The molecule has 2 fully saturated rings. The number of pyridine rings is 1. The Morgan fingerprint density at radius 2 is 1.94 bits per heavy atom. The number of aliphatic hydroxyl groups excluding tert-OH is 1. The number of nitrogen functional groups attached to an aromatic ring is 1. The van der Waals surface area contributed by atoms with Gasteiger partial charge >= 0.3 is 0 Å². The number of halogens is 1. The molecule has 0 aliphatic carbocycles. The number of ketones is 1. The molecule has 33 heavy (non-hydrogen) atoms. The molecule has 172 valence electrons. The van der Waals surface area contributed by atoms with E-state index < -0.39 is 13.3 Å². The number of aromatic nitrogens is 4. The van der Waals surface area contributed by atoms with Gasteiger partial charge in [-0.05, 0) is 38.7 Å². The van der Waals surface area contributed by atoms with Crippen molar-refractivity contribution >= 4 is 23.2 Å². The van der Waals surface area contributed by atoms with E-state index in [4.69, 9.17) is 10.7 Å². The van der Waals surface area contributed by atoms with Gasteiger partial charge in [0.15, 0.2) is 11.4 Å². The molecule has 2 atom stereocenters. The zero-order valence-corrected chi connectivity index (χ0v) is 18.2. The van der Waals surface area contributed by atoms with E-state index in [2.05, 4.69) is 10.1 Å². The molecule has 0 aromatic carbocycles. The van der Waals surface area contributed by atoms with E-state index in [1.807, 2.05) is 0 Å². The zero-order valence-electron chi connectivity index (χ0n) is 18.2. The van der Waals surface area contributed by atoms with Crippen LogP contribution in [-0.2, 0) is 11.5 Å². The quantitative estimate of drug-likeness (QED) is 0.569. The monoisotopic (exact) mass is 452 g/mol. The smallest absolute Gasteiger partial charge is 0.248 e. The number of alkyl halides is 1. The summed E-state index contributed by atoms with van der Waals surface area (Å²) in [6.45, 7) is 0.319. The molecule has 0 saturated carbocycles. The second-order valence-corrected chi connectivity index (χ2v) is 8.79. The summed E-state index contributed by atoms with van der Waals surface area (Å²) in [5.74, 6) is -0.267. The summed E-state index contributed by atoms with van der Waals surface area (Å²) in [5, 5.41) is 13.7. The van der Waals surface area contributed by atoms with Crippen LogP contribution in [-0.4, -0.2) is 60.0 Å². The second-order valence-electron chi connectivity index (χ2n) is 8.79. The first-order valence-corrected chi connectivity index (χ1v) is 11.0. The lowest BCUT2D eigenvalue weighted by Crippen LogP contribution is -2.47. The van der Waals surface area contributed by atoms with Gasteiger partial charge in [-0.1, -0.05) is 6.07 Å².